The van der Waals surface area contributed by atoms with E-state index in [-0.39, 0.29) is 5.12 Å². The van der Waals surface area contributed by atoms with Gasteiger partial charge in [0.1, 0.15) is 0 Å². The molecule has 2 nitrogen and oxygen atoms in total. The minimum atomic E-state index is 0.263. The Morgan fingerprint density at radius 1 is 1.25 bits per heavy atom. The average Bonchev–Trinajstić information content (AvgIpc) is 2.54. The van der Waals surface area contributed by atoms with Crippen LogP contribution in [0, 0.1) is 0 Å². The summed E-state index contributed by atoms with van der Waals surface area (Å²) in [6.07, 6.45) is 0. The molecule has 3 heteroatoms. The van der Waals surface area contributed by atoms with E-state index >= 15 is 0 Å². The van der Waals surface area contributed by atoms with Crippen LogP contribution in [-0.4, -0.2) is 17.5 Å². The van der Waals surface area contributed by atoms with Gasteiger partial charge in [0, 0.05) is 5.69 Å². The molecule has 0 radical (unpaired) electrons. The Morgan fingerprint density at radius 3 is 2.58 bits per heavy atom. The van der Waals surface area contributed by atoms with E-state index in [0.29, 0.717) is 6.54 Å². The Morgan fingerprint density at radius 2 is 2.00 bits per heavy atom. The van der Waals surface area contributed by atoms with E-state index in [1.54, 1.807) is 0 Å². The van der Waals surface area contributed by atoms with Crippen molar-refractivity contribution in [2.75, 3.05) is 17.3 Å². The third-order valence-corrected chi connectivity index (χ3v) is 2.71. The lowest BCUT2D eigenvalue weighted by molar-refractivity contribution is -0.109. The zero-order chi connectivity index (χ0) is 8.39. The number of carbonyl (C=O) groups is 1. The summed E-state index contributed by atoms with van der Waals surface area (Å²) in [5, 5.41) is 0.263. The molecular weight excluding hydrogens is 170 g/mol. The van der Waals surface area contributed by atoms with Crippen LogP contribution < -0.4 is 4.90 Å². The van der Waals surface area contributed by atoms with Gasteiger partial charge in [0.2, 0.25) is 5.12 Å². The number of benzene rings is 1. The molecule has 1 saturated heterocycles. The van der Waals surface area contributed by atoms with Crippen LogP contribution in [0.4, 0.5) is 5.69 Å². The van der Waals surface area contributed by atoms with Gasteiger partial charge in [0.25, 0.3) is 0 Å². The fraction of sp³-hybridized carbons (Fsp3) is 0.222. The van der Waals surface area contributed by atoms with Gasteiger partial charge in [-0.3, -0.25) is 4.79 Å². The molecule has 62 valence electrons. The maximum Gasteiger partial charge on any atom is 0.209 e. The molecule has 1 aromatic rings. The summed E-state index contributed by atoms with van der Waals surface area (Å²) >= 11 is 1.39. The fourth-order valence-electron chi connectivity index (χ4n) is 1.20. The van der Waals surface area contributed by atoms with E-state index in [1.165, 1.54) is 11.8 Å². The molecule has 0 aliphatic carbocycles. The highest BCUT2D eigenvalue weighted by atomic mass is 32.2. The van der Waals surface area contributed by atoms with Crippen molar-refractivity contribution in [3.8, 4) is 0 Å². The van der Waals surface area contributed by atoms with Crippen LogP contribution >= 0.6 is 11.8 Å². The van der Waals surface area contributed by atoms with Gasteiger partial charge < -0.3 is 4.90 Å². The van der Waals surface area contributed by atoms with Crippen molar-refractivity contribution >= 4 is 22.6 Å². The number of carbonyl (C=O) groups excluding carboxylic acids is 1. The molecule has 0 bridgehead atoms. The van der Waals surface area contributed by atoms with Gasteiger partial charge in [-0.2, -0.15) is 0 Å². The lowest BCUT2D eigenvalue weighted by Gasteiger charge is -2.14. The standard InChI is InChI=1S/C9H9NOS/c11-9-6-10(7-12-9)8-4-2-1-3-5-8/h1-5H,6-7H2. The fourth-order valence-corrected chi connectivity index (χ4v) is 1.99. The first-order valence-electron chi connectivity index (χ1n) is 3.82. The van der Waals surface area contributed by atoms with Gasteiger partial charge >= 0.3 is 0 Å². The summed E-state index contributed by atoms with van der Waals surface area (Å²) in [5.41, 5.74) is 1.14. The number of thioether (sulfide) groups is 1. The summed E-state index contributed by atoms with van der Waals surface area (Å²) in [6.45, 7) is 0.550. The van der Waals surface area contributed by atoms with E-state index in [2.05, 4.69) is 4.90 Å². The molecular formula is C9H9NOS. The normalized spacial score (nSPS) is 17.0. The first kappa shape index (κ1) is 7.68. The van der Waals surface area contributed by atoms with Gasteiger partial charge in [0.15, 0.2) is 0 Å². The molecule has 1 aromatic carbocycles. The lowest BCUT2D eigenvalue weighted by atomic mass is 10.3. The number of anilines is 1. The number of para-hydroxylation sites is 1. The molecule has 1 fully saturated rings. The highest BCUT2D eigenvalue weighted by Gasteiger charge is 2.19. The second kappa shape index (κ2) is 3.19. The molecule has 0 saturated carbocycles. The molecule has 2 rings (SSSR count). The largest absolute Gasteiger partial charge is 0.354 e. The molecule has 0 spiro atoms. The topological polar surface area (TPSA) is 20.3 Å². The van der Waals surface area contributed by atoms with Gasteiger partial charge in [-0.05, 0) is 12.1 Å². The molecule has 0 unspecified atom stereocenters. The van der Waals surface area contributed by atoms with Crippen LogP contribution in [0.3, 0.4) is 0 Å². The van der Waals surface area contributed by atoms with Gasteiger partial charge in [-0.15, -0.1) is 0 Å². The summed E-state index contributed by atoms with van der Waals surface area (Å²) < 4.78 is 0. The van der Waals surface area contributed by atoms with Crippen molar-refractivity contribution in [1.82, 2.24) is 0 Å². The molecule has 0 aromatic heterocycles. The maximum atomic E-state index is 10.9. The smallest absolute Gasteiger partial charge is 0.209 e. The second-order valence-electron chi connectivity index (χ2n) is 2.68. The van der Waals surface area contributed by atoms with Crippen LogP contribution in [0.1, 0.15) is 0 Å². The third kappa shape index (κ3) is 1.46. The van der Waals surface area contributed by atoms with Crippen molar-refractivity contribution in [3.05, 3.63) is 30.3 Å². The van der Waals surface area contributed by atoms with Gasteiger partial charge in [-0.25, -0.2) is 0 Å². The molecule has 12 heavy (non-hydrogen) atoms. The Kier molecular flexibility index (Phi) is 2.04. The SMILES string of the molecule is O=C1CN(c2ccccc2)CS1. The van der Waals surface area contributed by atoms with Crippen molar-refractivity contribution < 1.29 is 4.79 Å². The van der Waals surface area contributed by atoms with Crippen molar-refractivity contribution in [1.29, 1.82) is 0 Å². The monoisotopic (exact) mass is 179 g/mol. The second-order valence-corrected chi connectivity index (χ2v) is 3.68. The zero-order valence-corrected chi connectivity index (χ0v) is 7.38. The molecule has 0 amide bonds. The summed E-state index contributed by atoms with van der Waals surface area (Å²) in [7, 11) is 0. The Hall–Kier alpha value is -0.960. The van der Waals surface area contributed by atoms with E-state index in [0.717, 1.165) is 11.6 Å². The number of rotatable bonds is 1. The predicted molar refractivity (Wildman–Crippen MR) is 51.3 cm³/mol. The Bertz CT molecular complexity index is 286. The van der Waals surface area contributed by atoms with Crippen LogP contribution in [-0.2, 0) is 4.79 Å². The molecule has 1 aliphatic heterocycles. The van der Waals surface area contributed by atoms with Crippen molar-refractivity contribution in [3.63, 3.8) is 0 Å². The summed E-state index contributed by atoms with van der Waals surface area (Å²) in [5.74, 6) is 0.794. The first-order chi connectivity index (χ1) is 5.86. The van der Waals surface area contributed by atoms with E-state index in [1.807, 2.05) is 30.3 Å². The van der Waals surface area contributed by atoms with Gasteiger partial charge in [0.05, 0.1) is 12.4 Å². The van der Waals surface area contributed by atoms with Crippen molar-refractivity contribution in [2.45, 2.75) is 0 Å². The van der Waals surface area contributed by atoms with Crippen LogP contribution in [0.5, 0.6) is 0 Å². The lowest BCUT2D eigenvalue weighted by Crippen LogP contribution is -2.18. The summed E-state index contributed by atoms with van der Waals surface area (Å²) in [4.78, 5) is 13.0. The van der Waals surface area contributed by atoms with Gasteiger partial charge in [-0.1, -0.05) is 30.0 Å². The van der Waals surface area contributed by atoms with Crippen LogP contribution in [0.25, 0.3) is 0 Å². The predicted octanol–water partition coefficient (Wildman–Crippen LogP) is 1.72. The number of hydrogen-bond donors (Lipinski definition) is 0. The van der Waals surface area contributed by atoms with Crippen LogP contribution in [0.2, 0.25) is 0 Å². The number of hydrogen-bond acceptors (Lipinski definition) is 3. The molecule has 1 aliphatic rings. The average molecular weight is 179 g/mol. The molecule has 0 N–H and O–H groups in total. The van der Waals surface area contributed by atoms with E-state index < -0.39 is 0 Å². The Balaban J connectivity index is 2.16. The van der Waals surface area contributed by atoms with E-state index in [9.17, 15) is 4.79 Å². The van der Waals surface area contributed by atoms with E-state index in [4.69, 9.17) is 0 Å². The Labute approximate surface area is 75.6 Å². The highest BCUT2D eigenvalue weighted by Crippen LogP contribution is 2.22. The molecule has 0 atom stereocenters. The summed E-state index contributed by atoms with van der Waals surface area (Å²) in [6, 6.07) is 10.0. The minimum absolute atomic E-state index is 0.263. The maximum absolute atomic E-state index is 10.9. The zero-order valence-electron chi connectivity index (χ0n) is 6.56. The highest BCUT2D eigenvalue weighted by molar-refractivity contribution is 8.14. The quantitative estimate of drug-likeness (QED) is 0.654. The number of nitrogens with zero attached hydrogens (tertiary/aromatic N) is 1. The first-order valence-corrected chi connectivity index (χ1v) is 4.80. The third-order valence-electron chi connectivity index (χ3n) is 1.82. The minimum Gasteiger partial charge on any atom is -0.354 e. The van der Waals surface area contributed by atoms with Crippen LogP contribution in [0.15, 0.2) is 30.3 Å². The molecule has 1 heterocycles. The van der Waals surface area contributed by atoms with Crippen molar-refractivity contribution in [2.24, 2.45) is 0 Å².